The van der Waals surface area contributed by atoms with Gasteiger partial charge < -0.3 is 10.1 Å². The van der Waals surface area contributed by atoms with Crippen LogP contribution in [0.1, 0.15) is 17.8 Å². The molecular weight excluding hydrogens is 334 g/mol. The molecule has 1 N–H and O–H groups in total. The van der Waals surface area contributed by atoms with Crippen LogP contribution in [0.4, 0.5) is 0 Å². The van der Waals surface area contributed by atoms with E-state index in [0.29, 0.717) is 26.0 Å². The fraction of sp³-hybridized carbons (Fsp3) is 0.211. The largest absolute Gasteiger partial charge is 0.494 e. The zero-order valence-corrected chi connectivity index (χ0v) is 14.5. The van der Waals surface area contributed by atoms with Crippen molar-refractivity contribution in [1.82, 2.24) is 15.3 Å². The lowest BCUT2D eigenvalue weighted by atomic mass is 10.2. The average Bonchev–Trinajstić information content (AvgIpc) is 3.14. The highest BCUT2D eigenvalue weighted by Crippen LogP contribution is 2.20. The number of hydrogen-bond acceptors (Lipinski definition) is 5. The van der Waals surface area contributed by atoms with Gasteiger partial charge in [-0.2, -0.15) is 0 Å². The van der Waals surface area contributed by atoms with Crippen molar-refractivity contribution in [3.8, 4) is 17.0 Å². The first-order valence-corrected chi connectivity index (χ1v) is 8.98. The molecule has 0 radical (unpaired) electrons. The lowest BCUT2D eigenvalue weighted by Crippen LogP contribution is -2.22. The summed E-state index contributed by atoms with van der Waals surface area (Å²) in [6, 6.07) is 13.5. The van der Waals surface area contributed by atoms with E-state index in [1.54, 1.807) is 12.4 Å². The van der Waals surface area contributed by atoms with Gasteiger partial charge in [0.15, 0.2) is 0 Å². The molecule has 0 aliphatic carbocycles. The molecule has 3 aromatic rings. The van der Waals surface area contributed by atoms with E-state index in [1.807, 2.05) is 47.8 Å². The van der Waals surface area contributed by atoms with E-state index in [4.69, 9.17) is 4.74 Å². The maximum atomic E-state index is 11.9. The first kappa shape index (κ1) is 17.1. The van der Waals surface area contributed by atoms with Gasteiger partial charge in [0.1, 0.15) is 10.8 Å². The number of thiazole rings is 1. The number of benzene rings is 1. The fourth-order valence-corrected chi connectivity index (χ4v) is 2.98. The van der Waals surface area contributed by atoms with Gasteiger partial charge in [0, 0.05) is 29.8 Å². The maximum Gasteiger partial charge on any atom is 0.220 e. The van der Waals surface area contributed by atoms with Gasteiger partial charge in [0.2, 0.25) is 5.91 Å². The van der Waals surface area contributed by atoms with Gasteiger partial charge in [-0.1, -0.05) is 18.2 Å². The van der Waals surface area contributed by atoms with Crippen LogP contribution >= 0.6 is 11.3 Å². The van der Waals surface area contributed by atoms with Crippen LogP contribution in [-0.2, 0) is 11.3 Å². The molecule has 6 heteroatoms. The van der Waals surface area contributed by atoms with Crippen LogP contribution in [0.5, 0.6) is 5.75 Å². The molecule has 0 atom stereocenters. The second-order valence-electron chi connectivity index (χ2n) is 5.41. The van der Waals surface area contributed by atoms with Gasteiger partial charge in [0.05, 0.1) is 18.8 Å². The number of carbonyl (C=O) groups is 1. The van der Waals surface area contributed by atoms with Crippen molar-refractivity contribution >= 4 is 17.2 Å². The molecule has 2 heterocycles. The van der Waals surface area contributed by atoms with Crippen LogP contribution in [0.15, 0.2) is 60.2 Å². The number of pyridine rings is 1. The summed E-state index contributed by atoms with van der Waals surface area (Å²) in [5.74, 6) is 0.836. The van der Waals surface area contributed by atoms with Crippen molar-refractivity contribution in [2.45, 2.75) is 19.4 Å². The highest BCUT2D eigenvalue weighted by Gasteiger charge is 2.07. The minimum Gasteiger partial charge on any atom is -0.494 e. The Kier molecular flexibility index (Phi) is 6.11. The third kappa shape index (κ3) is 5.39. The average molecular weight is 353 g/mol. The summed E-state index contributed by atoms with van der Waals surface area (Å²) in [4.78, 5) is 20.5. The Balaban J connectivity index is 1.37. The quantitative estimate of drug-likeness (QED) is 0.628. The summed E-state index contributed by atoms with van der Waals surface area (Å²) in [5, 5.41) is 5.76. The molecule has 0 saturated heterocycles. The molecule has 25 heavy (non-hydrogen) atoms. The molecule has 0 aliphatic rings. The number of ether oxygens (including phenoxy) is 1. The standard InChI is InChI=1S/C19H19N3O2S/c23-18(9-5-11-24-16-7-2-1-3-8-16)21-13-19-22-17(14-25-19)15-6-4-10-20-12-15/h1-4,6-8,10,12,14H,5,9,11,13H2,(H,21,23). The minimum absolute atomic E-state index is 0.00906. The van der Waals surface area contributed by atoms with Crippen LogP contribution in [0.3, 0.4) is 0 Å². The maximum absolute atomic E-state index is 11.9. The summed E-state index contributed by atoms with van der Waals surface area (Å²) in [5.41, 5.74) is 1.87. The van der Waals surface area contributed by atoms with E-state index in [-0.39, 0.29) is 5.91 Å². The number of aromatic nitrogens is 2. The molecular formula is C19H19N3O2S. The third-order valence-corrected chi connectivity index (χ3v) is 4.35. The van der Waals surface area contributed by atoms with E-state index in [0.717, 1.165) is 22.0 Å². The number of rotatable bonds is 8. The molecule has 128 valence electrons. The zero-order valence-electron chi connectivity index (χ0n) is 13.7. The van der Waals surface area contributed by atoms with E-state index in [9.17, 15) is 4.79 Å². The summed E-state index contributed by atoms with van der Waals surface area (Å²) >= 11 is 1.53. The summed E-state index contributed by atoms with van der Waals surface area (Å²) in [7, 11) is 0. The molecule has 0 bridgehead atoms. The molecule has 0 spiro atoms. The van der Waals surface area contributed by atoms with Gasteiger partial charge in [-0.3, -0.25) is 9.78 Å². The monoisotopic (exact) mass is 353 g/mol. The van der Waals surface area contributed by atoms with Gasteiger partial charge in [-0.25, -0.2) is 4.98 Å². The molecule has 0 unspecified atom stereocenters. The van der Waals surface area contributed by atoms with Crippen molar-refractivity contribution < 1.29 is 9.53 Å². The van der Waals surface area contributed by atoms with Crippen LogP contribution < -0.4 is 10.1 Å². The second kappa shape index (κ2) is 8.94. The van der Waals surface area contributed by atoms with Gasteiger partial charge >= 0.3 is 0 Å². The predicted molar refractivity (Wildman–Crippen MR) is 98.4 cm³/mol. The molecule has 5 nitrogen and oxygen atoms in total. The van der Waals surface area contributed by atoms with Crippen molar-refractivity contribution in [2.75, 3.05) is 6.61 Å². The Morgan fingerprint density at radius 3 is 2.84 bits per heavy atom. The van der Waals surface area contributed by atoms with Crippen molar-refractivity contribution in [2.24, 2.45) is 0 Å². The minimum atomic E-state index is 0.00906. The number of hydrogen-bond donors (Lipinski definition) is 1. The van der Waals surface area contributed by atoms with E-state index in [1.165, 1.54) is 11.3 Å². The highest BCUT2D eigenvalue weighted by atomic mass is 32.1. The first-order valence-electron chi connectivity index (χ1n) is 8.10. The summed E-state index contributed by atoms with van der Waals surface area (Å²) in [6.07, 6.45) is 4.63. The van der Waals surface area contributed by atoms with Crippen LogP contribution in [0.2, 0.25) is 0 Å². The first-order chi connectivity index (χ1) is 12.3. The number of para-hydroxylation sites is 1. The number of nitrogens with zero attached hydrogens (tertiary/aromatic N) is 2. The Hall–Kier alpha value is -2.73. The lowest BCUT2D eigenvalue weighted by molar-refractivity contribution is -0.121. The molecule has 2 aromatic heterocycles. The Morgan fingerprint density at radius 1 is 1.16 bits per heavy atom. The van der Waals surface area contributed by atoms with Crippen LogP contribution in [0.25, 0.3) is 11.3 Å². The predicted octanol–water partition coefficient (Wildman–Crippen LogP) is 3.68. The van der Waals surface area contributed by atoms with E-state index >= 15 is 0 Å². The van der Waals surface area contributed by atoms with Gasteiger partial charge in [0.25, 0.3) is 0 Å². The van der Waals surface area contributed by atoms with E-state index < -0.39 is 0 Å². The highest BCUT2D eigenvalue weighted by molar-refractivity contribution is 7.09. The number of amides is 1. The fourth-order valence-electron chi connectivity index (χ4n) is 2.24. The molecule has 1 amide bonds. The molecule has 0 aliphatic heterocycles. The smallest absolute Gasteiger partial charge is 0.220 e. The second-order valence-corrected chi connectivity index (χ2v) is 6.35. The zero-order chi connectivity index (χ0) is 17.3. The molecule has 0 saturated carbocycles. The van der Waals surface area contributed by atoms with Gasteiger partial charge in [-0.15, -0.1) is 11.3 Å². The Morgan fingerprint density at radius 2 is 2.04 bits per heavy atom. The van der Waals surface area contributed by atoms with Crippen molar-refractivity contribution in [1.29, 1.82) is 0 Å². The molecule has 0 fully saturated rings. The summed E-state index contributed by atoms with van der Waals surface area (Å²) in [6.45, 7) is 0.975. The van der Waals surface area contributed by atoms with Crippen molar-refractivity contribution in [3.63, 3.8) is 0 Å². The lowest BCUT2D eigenvalue weighted by Gasteiger charge is -2.06. The summed E-state index contributed by atoms with van der Waals surface area (Å²) < 4.78 is 5.58. The SMILES string of the molecule is O=C(CCCOc1ccccc1)NCc1nc(-c2cccnc2)cs1. The van der Waals surface area contributed by atoms with Crippen LogP contribution in [-0.4, -0.2) is 22.5 Å². The van der Waals surface area contributed by atoms with Crippen molar-refractivity contribution in [3.05, 3.63) is 65.2 Å². The third-order valence-electron chi connectivity index (χ3n) is 3.51. The van der Waals surface area contributed by atoms with Crippen LogP contribution in [0, 0.1) is 0 Å². The number of carbonyl (C=O) groups excluding carboxylic acids is 1. The Bertz CT molecular complexity index is 791. The Labute approximate surface area is 150 Å². The normalized spacial score (nSPS) is 10.4. The van der Waals surface area contributed by atoms with Gasteiger partial charge in [-0.05, 0) is 30.7 Å². The van der Waals surface area contributed by atoms with E-state index in [2.05, 4.69) is 15.3 Å². The topological polar surface area (TPSA) is 64.1 Å². The number of nitrogens with one attached hydrogen (secondary N) is 1. The molecule has 3 rings (SSSR count). The molecule has 1 aromatic carbocycles.